The lowest BCUT2D eigenvalue weighted by Crippen LogP contribution is -2.08. The standard InChI is InChI=1S/C23H18F2O4/c1-4-20(26)29-15-6-8-17-16-7-5-14(9-10-28-23(27)13(2)3)11-18(16)21(24)22(25)19(17)12-15/h4-8,11-12H,1-2,9-10H2,3H3. The van der Waals surface area contributed by atoms with E-state index in [9.17, 15) is 18.4 Å². The fourth-order valence-electron chi connectivity index (χ4n) is 2.95. The summed E-state index contributed by atoms with van der Waals surface area (Å²) in [5.74, 6) is -3.13. The molecule has 0 unspecified atom stereocenters. The van der Waals surface area contributed by atoms with E-state index >= 15 is 0 Å². The first-order valence-corrected chi connectivity index (χ1v) is 8.82. The molecule has 0 atom stereocenters. The number of fused-ring (bicyclic) bond motifs is 3. The van der Waals surface area contributed by atoms with E-state index in [-0.39, 0.29) is 23.1 Å². The quantitative estimate of drug-likeness (QED) is 0.254. The van der Waals surface area contributed by atoms with Crippen molar-refractivity contribution in [3.63, 3.8) is 0 Å². The van der Waals surface area contributed by atoms with Crippen molar-refractivity contribution in [2.75, 3.05) is 6.61 Å². The zero-order valence-corrected chi connectivity index (χ0v) is 15.8. The Morgan fingerprint density at radius 3 is 2.24 bits per heavy atom. The Balaban J connectivity index is 1.98. The number of rotatable bonds is 6. The van der Waals surface area contributed by atoms with Gasteiger partial charge in [-0.15, -0.1) is 0 Å². The molecule has 4 nitrogen and oxygen atoms in total. The number of esters is 2. The Bertz CT molecular complexity index is 1160. The third-order valence-electron chi connectivity index (χ3n) is 4.39. The summed E-state index contributed by atoms with van der Waals surface area (Å²) in [6.45, 7) is 8.45. The summed E-state index contributed by atoms with van der Waals surface area (Å²) < 4.78 is 39.4. The van der Waals surface area contributed by atoms with Crippen molar-refractivity contribution >= 4 is 33.5 Å². The smallest absolute Gasteiger partial charge is 0.335 e. The van der Waals surface area contributed by atoms with Gasteiger partial charge in [0.15, 0.2) is 11.6 Å². The highest BCUT2D eigenvalue weighted by Gasteiger charge is 2.16. The Labute approximate surface area is 166 Å². The van der Waals surface area contributed by atoms with Crippen molar-refractivity contribution < 1.29 is 27.8 Å². The van der Waals surface area contributed by atoms with Gasteiger partial charge in [0, 0.05) is 28.8 Å². The highest BCUT2D eigenvalue weighted by molar-refractivity contribution is 6.08. The number of halogens is 2. The van der Waals surface area contributed by atoms with Gasteiger partial charge in [-0.1, -0.05) is 25.3 Å². The molecule has 0 amide bonds. The van der Waals surface area contributed by atoms with Gasteiger partial charge in [-0.3, -0.25) is 0 Å². The van der Waals surface area contributed by atoms with E-state index < -0.39 is 23.6 Å². The first-order valence-electron chi connectivity index (χ1n) is 8.82. The van der Waals surface area contributed by atoms with Crippen LogP contribution >= 0.6 is 0 Å². The van der Waals surface area contributed by atoms with E-state index in [1.54, 1.807) is 25.1 Å². The lowest BCUT2D eigenvalue weighted by molar-refractivity contribution is -0.138. The van der Waals surface area contributed by atoms with E-state index in [2.05, 4.69) is 13.2 Å². The average molecular weight is 396 g/mol. The number of benzene rings is 3. The third-order valence-corrected chi connectivity index (χ3v) is 4.39. The molecule has 0 saturated heterocycles. The van der Waals surface area contributed by atoms with Crippen LogP contribution in [-0.4, -0.2) is 18.5 Å². The van der Waals surface area contributed by atoms with Crippen LogP contribution in [0.15, 0.2) is 61.2 Å². The Kier molecular flexibility index (Phi) is 5.73. The normalized spacial score (nSPS) is 10.7. The molecule has 0 spiro atoms. The van der Waals surface area contributed by atoms with Crippen LogP contribution in [0.2, 0.25) is 0 Å². The maximum Gasteiger partial charge on any atom is 0.335 e. The second-order valence-corrected chi connectivity index (χ2v) is 6.51. The first kappa shape index (κ1) is 20.2. The van der Waals surface area contributed by atoms with E-state index in [1.807, 2.05) is 0 Å². The van der Waals surface area contributed by atoms with Gasteiger partial charge in [0.05, 0.1) is 6.61 Å². The van der Waals surface area contributed by atoms with Crippen LogP contribution < -0.4 is 4.74 Å². The van der Waals surface area contributed by atoms with E-state index in [4.69, 9.17) is 9.47 Å². The number of carbonyl (C=O) groups is 2. The van der Waals surface area contributed by atoms with Gasteiger partial charge < -0.3 is 9.47 Å². The van der Waals surface area contributed by atoms with Crippen molar-refractivity contribution in [3.8, 4) is 5.75 Å². The summed E-state index contributed by atoms with van der Waals surface area (Å²) >= 11 is 0. The number of hydrogen-bond donors (Lipinski definition) is 0. The Morgan fingerprint density at radius 1 is 1.00 bits per heavy atom. The fraction of sp³-hybridized carbons (Fsp3) is 0.130. The largest absolute Gasteiger partial charge is 0.462 e. The molecule has 29 heavy (non-hydrogen) atoms. The summed E-state index contributed by atoms with van der Waals surface area (Å²) in [6.07, 6.45) is 1.33. The molecule has 0 N–H and O–H groups in total. The van der Waals surface area contributed by atoms with E-state index in [0.29, 0.717) is 28.3 Å². The summed E-state index contributed by atoms with van der Waals surface area (Å²) in [6, 6.07) is 9.34. The van der Waals surface area contributed by atoms with Crippen LogP contribution in [0, 0.1) is 11.6 Å². The summed E-state index contributed by atoms with van der Waals surface area (Å²) in [5.41, 5.74) is 0.988. The minimum Gasteiger partial charge on any atom is -0.462 e. The van der Waals surface area contributed by atoms with Gasteiger partial charge >= 0.3 is 11.9 Å². The molecule has 148 valence electrons. The average Bonchev–Trinajstić information content (AvgIpc) is 2.71. The minimum atomic E-state index is -1.03. The summed E-state index contributed by atoms with van der Waals surface area (Å²) in [7, 11) is 0. The van der Waals surface area contributed by atoms with Crippen LogP contribution in [0.3, 0.4) is 0 Å². The lowest BCUT2D eigenvalue weighted by atomic mass is 9.98. The topological polar surface area (TPSA) is 52.6 Å². The predicted molar refractivity (Wildman–Crippen MR) is 107 cm³/mol. The van der Waals surface area contributed by atoms with Crippen molar-refractivity contribution in [2.24, 2.45) is 0 Å². The Hall–Kier alpha value is -3.54. The zero-order chi connectivity index (χ0) is 21.1. The number of carbonyl (C=O) groups excluding carboxylic acids is 2. The first-order chi connectivity index (χ1) is 13.8. The molecule has 3 aromatic carbocycles. The molecule has 0 saturated carbocycles. The van der Waals surface area contributed by atoms with Gasteiger partial charge in [0.1, 0.15) is 5.75 Å². The minimum absolute atomic E-state index is 0.00694. The second kappa shape index (κ2) is 8.22. The monoisotopic (exact) mass is 396 g/mol. The van der Waals surface area contributed by atoms with Gasteiger partial charge in [-0.25, -0.2) is 18.4 Å². The van der Waals surface area contributed by atoms with Crippen LogP contribution in [0.5, 0.6) is 5.75 Å². The number of ether oxygens (including phenoxy) is 2. The van der Waals surface area contributed by atoms with Crippen molar-refractivity contribution in [1.82, 2.24) is 0 Å². The molecule has 3 aromatic rings. The highest BCUT2D eigenvalue weighted by atomic mass is 19.2. The molecule has 0 bridgehead atoms. The van der Waals surface area contributed by atoms with Crippen LogP contribution in [0.1, 0.15) is 12.5 Å². The molecule has 6 heteroatoms. The molecular weight excluding hydrogens is 378 g/mol. The molecule has 0 radical (unpaired) electrons. The van der Waals surface area contributed by atoms with Crippen molar-refractivity contribution in [2.45, 2.75) is 13.3 Å². The highest BCUT2D eigenvalue weighted by Crippen LogP contribution is 2.34. The predicted octanol–water partition coefficient (Wildman–Crippen LogP) is 5.02. The third kappa shape index (κ3) is 4.16. The SMILES string of the molecule is C=CC(=O)Oc1ccc2c(c1)c(F)c(F)c1cc(CCOC(=O)C(=C)C)ccc12. The van der Waals surface area contributed by atoms with E-state index in [0.717, 1.165) is 6.08 Å². The zero-order valence-electron chi connectivity index (χ0n) is 15.8. The molecule has 0 aliphatic carbocycles. The molecule has 3 rings (SSSR count). The molecule has 0 fully saturated rings. The van der Waals surface area contributed by atoms with Crippen LogP contribution in [0.25, 0.3) is 21.5 Å². The Morgan fingerprint density at radius 2 is 1.62 bits per heavy atom. The molecule has 0 heterocycles. The summed E-state index contributed by atoms with van der Waals surface area (Å²) in [5, 5.41) is 1.13. The number of hydrogen-bond acceptors (Lipinski definition) is 4. The van der Waals surface area contributed by atoms with Gasteiger partial charge in [0.25, 0.3) is 0 Å². The summed E-state index contributed by atoms with van der Waals surface area (Å²) in [4.78, 5) is 22.8. The van der Waals surface area contributed by atoms with Crippen molar-refractivity contribution in [3.05, 3.63) is 78.4 Å². The molecule has 0 aliphatic heterocycles. The van der Waals surface area contributed by atoms with Crippen molar-refractivity contribution in [1.29, 1.82) is 0 Å². The molecule has 0 aromatic heterocycles. The maximum absolute atomic E-state index is 14.7. The van der Waals surface area contributed by atoms with Crippen LogP contribution in [-0.2, 0) is 20.7 Å². The fourth-order valence-corrected chi connectivity index (χ4v) is 2.95. The molecule has 0 aliphatic rings. The molecular formula is C23H18F2O4. The van der Waals surface area contributed by atoms with Gasteiger partial charge in [-0.2, -0.15) is 0 Å². The van der Waals surface area contributed by atoms with Gasteiger partial charge in [-0.05, 0) is 47.5 Å². The van der Waals surface area contributed by atoms with Crippen LogP contribution in [0.4, 0.5) is 8.78 Å². The second-order valence-electron chi connectivity index (χ2n) is 6.51. The lowest BCUT2D eigenvalue weighted by Gasteiger charge is -2.11. The van der Waals surface area contributed by atoms with Gasteiger partial charge in [0.2, 0.25) is 0 Å². The maximum atomic E-state index is 14.7. The van der Waals surface area contributed by atoms with E-state index in [1.165, 1.54) is 18.2 Å².